The highest BCUT2D eigenvalue weighted by Gasteiger charge is 2.57. The molecule has 17 unspecified atom stereocenters. The summed E-state index contributed by atoms with van der Waals surface area (Å²) in [6.07, 6.45) is -48.5. The molecule has 31 heteroatoms. The molecule has 0 spiro atoms. The Hall–Kier alpha value is -2.40. The fraction of sp³-hybridized carbons (Fsp3) is 0.915. The number of aliphatic hydroxyl groups is 16. The van der Waals surface area contributed by atoms with Gasteiger partial charge in [0, 0.05) is 6.92 Å². The summed E-state index contributed by atoms with van der Waals surface area (Å²) in [6, 6.07) is -2.24. The molecule has 0 aromatic heterocycles. The zero-order valence-electron chi connectivity index (χ0n) is 44.1. The monoisotopic (exact) mass is 1140 g/mol. The van der Waals surface area contributed by atoms with E-state index in [1.165, 1.54) is 13.8 Å². The third kappa shape index (κ3) is 15.6. The number of esters is 1. The van der Waals surface area contributed by atoms with Crippen LogP contribution in [0.5, 0.6) is 0 Å². The number of hydrogen-bond acceptors (Lipinski definition) is 30. The van der Waals surface area contributed by atoms with E-state index in [1.54, 1.807) is 19.9 Å². The van der Waals surface area contributed by atoms with Gasteiger partial charge in [0.15, 0.2) is 43.6 Å². The minimum absolute atomic E-state index is 0.392. The maximum absolute atomic E-state index is 14.3. The largest absolute Gasteiger partial charge is 0.431 e. The summed E-state index contributed by atoms with van der Waals surface area (Å²) in [7, 11) is 0. The summed E-state index contributed by atoms with van der Waals surface area (Å²) in [5, 5.41) is 175. The average Bonchev–Trinajstić information content (AvgIpc) is 3.42. The van der Waals surface area contributed by atoms with Crippen molar-refractivity contribution < 1.29 is 148 Å². The molecule has 1 amide bonds. The molecule has 0 saturated carbocycles. The lowest BCUT2D eigenvalue weighted by Gasteiger charge is -2.49. The van der Waals surface area contributed by atoms with Crippen LogP contribution in [0, 0.1) is 5.41 Å². The summed E-state index contributed by atoms with van der Waals surface area (Å²) >= 11 is 0. The van der Waals surface area contributed by atoms with Crippen molar-refractivity contribution in [2.45, 2.75) is 232 Å². The molecule has 5 aliphatic rings. The molecule has 17 N–H and O–H groups in total. The molecule has 0 aromatic rings. The van der Waals surface area contributed by atoms with Gasteiger partial charge in [-0.2, -0.15) is 0 Å². The Morgan fingerprint density at radius 3 is 1.54 bits per heavy atom. The number of carbonyl (C=O) groups excluding carboxylic acids is 2. The van der Waals surface area contributed by atoms with Gasteiger partial charge in [0.2, 0.25) is 12.2 Å². The van der Waals surface area contributed by atoms with Gasteiger partial charge in [0.05, 0.1) is 50.8 Å². The van der Waals surface area contributed by atoms with Gasteiger partial charge in [0.1, 0.15) is 110 Å². The second kappa shape index (κ2) is 28.3. The normalized spacial score (nSPS) is 43.0. The molecular weight excluding hydrogens is 1060 g/mol. The maximum atomic E-state index is 14.3. The second-order valence-corrected chi connectivity index (χ2v) is 21.3. The van der Waals surface area contributed by atoms with E-state index in [2.05, 4.69) is 11.9 Å². The number of hydrogen-bond donors (Lipinski definition) is 17. The van der Waals surface area contributed by atoms with E-state index in [4.69, 9.17) is 56.8 Å². The van der Waals surface area contributed by atoms with Crippen LogP contribution in [0.25, 0.3) is 0 Å². The molecule has 0 radical (unpaired) electrons. The average molecular weight is 1140 g/mol. The first-order chi connectivity index (χ1) is 36.5. The van der Waals surface area contributed by atoms with Gasteiger partial charge in [-0.3, -0.25) is 4.79 Å². The zero-order valence-corrected chi connectivity index (χ0v) is 44.1. The lowest BCUT2D eigenvalue weighted by atomic mass is 9.82. The molecule has 78 heavy (non-hydrogen) atoms. The van der Waals surface area contributed by atoms with Crippen molar-refractivity contribution in [3.8, 4) is 0 Å². The lowest BCUT2D eigenvalue weighted by molar-refractivity contribution is -0.387. The topological polar surface area (TPSA) is 481 Å². The van der Waals surface area contributed by atoms with Crippen molar-refractivity contribution in [3.63, 3.8) is 0 Å². The predicted octanol–water partition coefficient (Wildman–Crippen LogP) is -8.72. The quantitative estimate of drug-likeness (QED) is 0.0242. The van der Waals surface area contributed by atoms with E-state index in [9.17, 15) is 91.3 Å². The molecule has 5 rings (SSSR count). The molecule has 5 fully saturated rings. The lowest BCUT2D eigenvalue weighted by Crippen LogP contribution is -2.67. The highest BCUT2D eigenvalue weighted by molar-refractivity contribution is 5.83. The third-order valence-corrected chi connectivity index (χ3v) is 13.9. The highest BCUT2D eigenvalue weighted by atomic mass is 16.8. The van der Waals surface area contributed by atoms with Gasteiger partial charge in [-0.25, -0.2) is 4.79 Å². The zero-order chi connectivity index (χ0) is 58.5. The molecule has 5 saturated heterocycles. The standard InChI is InChI=1S/C47H81NO30/c1-9-46(5,6)15-47(7,8)78-44-33(64)30(61)36(22(14-53)72-44)73-42-32(63)29(60)35(21(13-52)71-42)74-43-34(65)37(26(57)20(12-51)69-43)75-40(67-16(2)10-49)23(48-18(4)54)39(66)77-45-38(28(59)25(56)19(11-50)70-45)76-41-31(62)27(58)24(55)17(3)68-41/h9,16-17,19-38,40-45,49-53,55-65H,1,10-15H2,2-8H3,(H,48,54)/t16?,17?,19?,20?,21?,22?,23?,24-,25-,26-,27?,28?,29?,30?,31?,32?,33?,34?,35-,36+,37?,38?,40-,41-,42-,43-,44-,45-/m0/s1. The number of ether oxygens (including phenoxy) is 12. The number of aliphatic hydroxyl groups excluding tert-OH is 16. The Morgan fingerprint density at radius 2 is 1.01 bits per heavy atom. The van der Waals surface area contributed by atoms with Gasteiger partial charge in [-0.15, -0.1) is 6.58 Å². The molecule has 28 atom stereocenters. The van der Waals surface area contributed by atoms with E-state index >= 15 is 0 Å². The van der Waals surface area contributed by atoms with Crippen LogP contribution < -0.4 is 5.32 Å². The van der Waals surface area contributed by atoms with E-state index in [0.29, 0.717) is 6.42 Å². The first kappa shape index (κ1) is 66.4. The van der Waals surface area contributed by atoms with E-state index in [1.807, 2.05) is 13.8 Å². The van der Waals surface area contributed by atoms with Gasteiger partial charge < -0.3 is 144 Å². The van der Waals surface area contributed by atoms with Crippen LogP contribution >= 0.6 is 0 Å². The molecule has 5 aliphatic heterocycles. The molecule has 0 aliphatic carbocycles. The predicted molar refractivity (Wildman–Crippen MR) is 252 cm³/mol. The highest BCUT2D eigenvalue weighted by Crippen LogP contribution is 2.38. The Labute approximate surface area is 448 Å². The molecule has 0 aromatic carbocycles. The van der Waals surface area contributed by atoms with Crippen LogP contribution in [0.4, 0.5) is 0 Å². The van der Waals surface area contributed by atoms with Crippen LogP contribution in [-0.4, -0.2) is 304 Å². The fourth-order valence-corrected chi connectivity index (χ4v) is 9.65. The van der Waals surface area contributed by atoms with E-state index < -0.39 is 228 Å². The molecule has 454 valence electrons. The van der Waals surface area contributed by atoms with Crippen molar-refractivity contribution in [1.29, 1.82) is 0 Å². The number of rotatable bonds is 24. The molecule has 0 bridgehead atoms. The van der Waals surface area contributed by atoms with E-state index in [-0.39, 0.29) is 0 Å². The third-order valence-electron chi connectivity index (χ3n) is 13.9. The summed E-state index contributed by atoms with van der Waals surface area (Å²) in [4.78, 5) is 27.0. The smallest absolute Gasteiger partial charge is 0.336 e. The summed E-state index contributed by atoms with van der Waals surface area (Å²) < 4.78 is 68.7. The Bertz CT molecular complexity index is 1890. The minimum Gasteiger partial charge on any atom is -0.431 e. The van der Waals surface area contributed by atoms with Crippen LogP contribution in [0.2, 0.25) is 0 Å². The number of nitrogens with one attached hydrogen (secondary N) is 1. The summed E-state index contributed by atoms with van der Waals surface area (Å²) in [5.74, 6) is -2.59. The number of allylic oxidation sites excluding steroid dienone is 1. The van der Waals surface area contributed by atoms with Gasteiger partial charge >= 0.3 is 5.97 Å². The van der Waals surface area contributed by atoms with Crippen molar-refractivity contribution in [2.75, 3.05) is 33.0 Å². The first-order valence-corrected chi connectivity index (χ1v) is 25.4. The Morgan fingerprint density at radius 1 is 0.564 bits per heavy atom. The summed E-state index contributed by atoms with van der Waals surface area (Å²) in [6.45, 7) is 9.82. The summed E-state index contributed by atoms with van der Waals surface area (Å²) in [5.41, 5.74) is -1.38. The minimum atomic E-state index is -2.28. The van der Waals surface area contributed by atoms with Crippen molar-refractivity contribution >= 4 is 11.9 Å². The van der Waals surface area contributed by atoms with Gasteiger partial charge in [0.25, 0.3) is 0 Å². The van der Waals surface area contributed by atoms with Crippen LogP contribution in [0.15, 0.2) is 12.7 Å². The van der Waals surface area contributed by atoms with Gasteiger partial charge in [-0.1, -0.05) is 19.9 Å². The van der Waals surface area contributed by atoms with Crippen molar-refractivity contribution in [2.24, 2.45) is 5.41 Å². The van der Waals surface area contributed by atoms with Crippen LogP contribution in [0.1, 0.15) is 54.9 Å². The van der Waals surface area contributed by atoms with Crippen molar-refractivity contribution in [3.05, 3.63) is 12.7 Å². The van der Waals surface area contributed by atoms with Gasteiger partial charge in [-0.05, 0) is 39.5 Å². The fourth-order valence-electron chi connectivity index (χ4n) is 9.65. The SMILES string of the molecule is C=CC(C)(C)CC(C)(C)O[C@@H]1OC(CO)[C@@H](O[C@@H]2OC(CO)[C@H](O[C@@H]3OC(CO)[C@H](O)C(O[C@H](OC(C)CO)C(NC(C)=O)C(=O)O[C@@H]4OC(CO)[C@H](O)C(O)C4O[C@@H]4OC(C)[C@H](O)C(O)C4O)C3O)C(O)C2O)C(O)C1O. The van der Waals surface area contributed by atoms with Crippen LogP contribution in [0.3, 0.4) is 0 Å². The Kier molecular flexibility index (Phi) is 24.0. The van der Waals surface area contributed by atoms with Crippen LogP contribution in [-0.2, 0) is 66.4 Å². The number of carbonyl (C=O) groups is 2. The van der Waals surface area contributed by atoms with Crippen molar-refractivity contribution in [1.82, 2.24) is 5.32 Å². The first-order valence-electron chi connectivity index (χ1n) is 25.4. The molecule has 5 heterocycles. The Balaban J connectivity index is 1.36. The van der Waals surface area contributed by atoms with E-state index in [0.717, 1.165) is 6.92 Å². The molecule has 31 nitrogen and oxygen atoms in total. The second-order valence-electron chi connectivity index (χ2n) is 21.3. The maximum Gasteiger partial charge on any atom is 0.336 e. The number of amides is 1. The molecular formula is C47H81NO30.